The maximum absolute atomic E-state index is 13.1. The van der Waals surface area contributed by atoms with Crippen molar-refractivity contribution in [2.75, 3.05) is 40.9 Å². The molecule has 0 aromatic heterocycles. The number of allylic oxidation sites excluding steroid dienone is 3. The third kappa shape index (κ3) is 68.5. The van der Waals surface area contributed by atoms with E-state index in [9.17, 15) is 19.4 Å². The number of carbonyl (C=O) groups excluding carboxylic acids is 1. The Bertz CT molecular complexity index is 1420. The normalized spacial score (nSPS) is 13.7. The minimum atomic E-state index is -4.35. The third-order valence-electron chi connectivity index (χ3n) is 17.7. The molecular weight excluding hydrogens is 1060 g/mol. The molecule has 0 spiro atoms. The van der Waals surface area contributed by atoms with Gasteiger partial charge in [0.15, 0.2) is 0 Å². The first kappa shape index (κ1) is 83.0. The lowest BCUT2D eigenvalue weighted by molar-refractivity contribution is -0.870. The van der Waals surface area contributed by atoms with E-state index in [2.05, 4.69) is 31.3 Å². The Morgan fingerprint density at radius 3 is 0.917 bits per heavy atom. The Morgan fingerprint density at radius 1 is 0.393 bits per heavy atom. The average molecular weight is 1210 g/mol. The van der Waals surface area contributed by atoms with E-state index in [-0.39, 0.29) is 19.1 Å². The lowest BCUT2D eigenvalue weighted by atomic mass is 10.0. The van der Waals surface area contributed by atoms with Gasteiger partial charge in [-0.05, 0) is 44.9 Å². The highest BCUT2D eigenvalue weighted by molar-refractivity contribution is 7.47. The number of aliphatic hydroxyl groups excluding tert-OH is 1. The number of nitrogens with one attached hydrogen (secondary N) is 1. The van der Waals surface area contributed by atoms with Gasteiger partial charge in [-0.15, -0.1) is 0 Å². The van der Waals surface area contributed by atoms with Gasteiger partial charge in [-0.2, -0.15) is 0 Å². The molecule has 0 heterocycles. The molecule has 0 rings (SSSR count). The van der Waals surface area contributed by atoms with Gasteiger partial charge in [0.1, 0.15) is 13.2 Å². The molecule has 0 radical (unpaired) electrons. The number of rotatable bonds is 71. The van der Waals surface area contributed by atoms with Crippen molar-refractivity contribution < 1.29 is 32.9 Å². The fraction of sp³-hybridized carbons (Fsp3) is 0.933. The van der Waals surface area contributed by atoms with Crippen LogP contribution in [0, 0.1) is 0 Å². The maximum atomic E-state index is 13.1. The van der Waals surface area contributed by atoms with Gasteiger partial charge in [0.05, 0.1) is 39.9 Å². The molecule has 0 saturated heterocycles. The van der Waals surface area contributed by atoms with Crippen LogP contribution in [0.5, 0.6) is 0 Å². The molecule has 8 nitrogen and oxygen atoms in total. The standard InChI is InChI=1S/C75H149N2O6P/c1-6-8-10-12-14-16-18-20-22-24-26-28-30-31-32-33-34-35-36-37-38-39-40-41-42-43-44-45-47-49-51-53-55-57-59-61-63-65-67-69-75(79)76-73(72-83-84(80,81)82-71-70-77(3,4)5)74(78)68-66-64-62-60-58-56-54-52-50-48-46-29-27-25-23-21-19-17-15-13-11-9-7-2/h37-38,66,68,73-74,78H,6-36,39-65,67,69-72H2,1-5H3,(H-,76,79,80,81)/p+1/b38-37-,68-66+. The number of hydrogen-bond acceptors (Lipinski definition) is 5. The summed E-state index contributed by atoms with van der Waals surface area (Å²) in [6.45, 7) is 4.89. The second-order valence-electron chi connectivity index (χ2n) is 27.4. The average Bonchev–Trinajstić information content (AvgIpc) is 3.56. The van der Waals surface area contributed by atoms with Gasteiger partial charge >= 0.3 is 7.82 Å². The lowest BCUT2D eigenvalue weighted by Gasteiger charge is -2.25. The number of unbranched alkanes of at least 4 members (excludes halogenated alkanes) is 56. The van der Waals surface area contributed by atoms with Gasteiger partial charge in [-0.25, -0.2) is 4.57 Å². The van der Waals surface area contributed by atoms with Crippen molar-refractivity contribution in [3.63, 3.8) is 0 Å². The van der Waals surface area contributed by atoms with E-state index in [0.29, 0.717) is 17.4 Å². The molecule has 1 amide bonds. The Labute approximate surface area is 525 Å². The zero-order valence-corrected chi connectivity index (χ0v) is 58.3. The second-order valence-corrected chi connectivity index (χ2v) is 28.8. The topological polar surface area (TPSA) is 105 Å². The molecule has 0 aromatic rings. The molecule has 3 N–H and O–H groups in total. The number of likely N-dealkylation sites (N-methyl/N-ethyl adjacent to an activating group) is 1. The van der Waals surface area contributed by atoms with Crippen molar-refractivity contribution in [1.82, 2.24) is 5.32 Å². The van der Waals surface area contributed by atoms with Crippen LogP contribution in [0.2, 0.25) is 0 Å². The van der Waals surface area contributed by atoms with Crippen LogP contribution in [0.4, 0.5) is 0 Å². The van der Waals surface area contributed by atoms with Gasteiger partial charge in [-0.1, -0.05) is 372 Å². The molecule has 84 heavy (non-hydrogen) atoms. The van der Waals surface area contributed by atoms with Gasteiger partial charge < -0.3 is 19.8 Å². The molecule has 500 valence electrons. The number of amides is 1. The van der Waals surface area contributed by atoms with Crippen LogP contribution < -0.4 is 5.32 Å². The monoisotopic (exact) mass is 1210 g/mol. The number of nitrogens with zero attached hydrogens (tertiary/aromatic N) is 1. The molecule has 0 aliphatic rings. The molecule has 0 aliphatic carbocycles. The van der Waals surface area contributed by atoms with E-state index >= 15 is 0 Å². The highest BCUT2D eigenvalue weighted by atomic mass is 31.2. The van der Waals surface area contributed by atoms with Crippen LogP contribution in [0.1, 0.15) is 399 Å². The van der Waals surface area contributed by atoms with Gasteiger partial charge in [0.25, 0.3) is 0 Å². The summed E-state index contributed by atoms with van der Waals surface area (Å²) in [7, 11) is 1.59. The summed E-state index contributed by atoms with van der Waals surface area (Å²) in [5.74, 6) is -0.168. The minimum absolute atomic E-state index is 0.0643. The van der Waals surface area contributed by atoms with E-state index < -0.39 is 20.0 Å². The van der Waals surface area contributed by atoms with E-state index in [0.717, 1.165) is 32.1 Å². The van der Waals surface area contributed by atoms with Crippen LogP contribution in [0.25, 0.3) is 0 Å². The predicted octanol–water partition coefficient (Wildman–Crippen LogP) is 24.2. The van der Waals surface area contributed by atoms with Crippen molar-refractivity contribution in [3.8, 4) is 0 Å². The van der Waals surface area contributed by atoms with E-state index in [1.54, 1.807) is 6.08 Å². The maximum Gasteiger partial charge on any atom is 0.472 e. The first-order valence-corrected chi connectivity index (χ1v) is 39.2. The van der Waals surface area contributed by atoms with Crippen molar-refractivity contribution >= 4 is 13.7 Å². The summed E-state index contributed by atoms with van der Waals surface area (Å²) in [4.78, 5) is 23.4. The summed E-state index contributed by atoms with van der Waals surface area (Å²) in [5.41, 5.74) is 0. The number of hydrogen-bond donors (Lipinski definition) is 3. The highest BCUT2D eigenvalue weighted by Gasteiger charge is 2.28. The van der Waals surface area contributed by atoms with Gasteiger partial charge in [-0.3, -0.25) is 13.8 Å². The van der Waals surface area contributed by atoms with Crippen LogP contribution >= 0.6 is 7.82 Å². The minimum Gasteiger partial charge on any atom is -0.387 e. The highest BCUT2D eigenvalue weighted by Crippen LogP contribution is 2.43. The smallest absolute Gasteiger partial charge is 0.387 e. The number of aliphatic hydroxyl groups is 1. The van der Waals surface area contributed by atoms with E-state index in [1.807, 2.05) is 27.2 Å². The Hall–Kier alpha value is -1.02. The number of phosphoric ester groups is 1. The van der Waals surface area contributed by atoms with Gasteiger partial charge in [0.2, 0.25) is 5.91 Å². The molecule has 0 aromatic carbocycles. The molecule has 0 aliphatic heterocycles. The zero-order chi connectivity index (χ0) is 61.2. The summed E-state index contributed by atoms with van der Waals surface area (Å²) in [5, 5.41) is 14.0. The SMILES string of the molecule is CCCCCCCCCCCCCCCCCCCC/C=C\CCCCCCCCCCCCCCCCCCCC(=O)NC(COP(=O)(O)OCC[N+](C)(C)C)C(O)/C=C/CCCCCCCCCCCCCCCCCCCCCCC. The summed E-state index contributed by atoms with van der Waals surface area (Å²) in [6.07, 6.45) is 87.9. The molecular formula is C75H150N2O6P+. The summed E-state index contributed by atoms with van der Waals surface area (Å²) >= 11 is 0. The predicted molar refractivity (Wildman–Crippen MR) is 369 cm³/mol. The fourth-order valence-electron chi connectivity index (χ4n) is 11.8. The Kier molecular flexibility index (Phi) is 65.6. The molecule has 0 fully saturated rings. The van der Waals surface area contributed by atoms with E-state index in [4.69, 9.17) is 9.05 Å². The van der Waals surface area contributed by atoms with Crippen LogP contribution in [-0.2, 0) is 18.4 Å². The second kappa shape index (κ2) is 66.4. The van der Waals surface area contributed by atoms with Crippen molar-refractivity contribution in [2.24, 2.45) is 0 Å². The van der Waals surface area contributed by atoms with Gasteiger partial charge in [0, 0.05) is 6.42 Å². The van der Waals surface area contributed by atoms with Crippen molar-refractivity contribution in [1.29, 1.82) is 0 Å². The zero-order valence-electron chi connectivity index (χ0n) is 57.4. The third-order valence-corrected chi connectivity index (χ3v) is 18.6. The molecule has 3 unspecified atom stereocenters. The summed E-state index contributed by atoms with van der Waals surface area (Å²) in [6, 6.07) is -0.846. The lowest BCUT2D eigenvalue weighted by Crippen LogP contribution is -2.45. The largest absolute Gasteiger partial charge is 0.472 e. The fourth-order valence-corrected chi connectivity index (χ4v) is 12.5. The van der Waals surface area contributed by atoms with Crippen LogP contribution in [-0.4, -0.2) is 73.4 Å². The summed E-state index contributed by atoms with van der Waals surface area (Å²) < 4.78 is 23.8. The molecule has 0 bridgehead atoms. The van der Waals surface area contributed by atoms with Crippen molar-refractivity contribution in [3.05, 3.63) is 24.3 Å². The first-order chi connectivity index (χ1) is 41.0. The van der Waals surface area contributed by atoms with Crippen molar-refractivity contribution in [2.45, 2.75) is 411 Å². The Morgan fingerprint density at radius 2 is 0.643 bits per heavy atom. The first-order valence-electron chi connectivity index (χ1n) is 37.7. The molecule has 3 atom stereocenters. The van der Waals surface area contributed by atoms with Crippen LogP contribution in [0.15, 0.2) is 24.3 Å². The van der Waals surface area contributed by atoms with Crippen LogP contribution in [0.3, 0.4) is 0 Å². The van der Waals surface area contributed by atoms with E-state index in [1.165, 1.54) is 347 Å². The number of carbonyl (C=O) groups is 1. The number of quaternary nitrogens is 1. The quantitative estimate of drug-likeness (QED) is 0.0243. The number of phosphoric acid groups is 1. The Balaban J connectivity index is 3.93. The molecule has 0 saturated carbocycles. The molecule has 9 heteroatoms.